The number of hydrogen-bond acceptors (Lipinski definition) is 4. The smallest absolute Gasteiger partial charge is 0.354 e. The molecule has 0 saturated carbocycles. The molecule has 0 aromatic carbocycles. The Balaban J connectivity index is 1.92. The van der Waals surface area contributed by atoms with E-state index in [0.29, 0.717) is 5.82 Å². The van der Waals surface area contributed by atoms with Crippen molar-refractivity contribution in [3.63, 3.8) is 0 Å². The molecule has 0 aliphatic carbocycles. The van der Waals surface area contributed by atoms with Crippen molar-refractivity contribution < 1.29 is 9.90 Å². The lowest BCUT2D eigenvalue weighted by Gasteiger charge is -2.07. The number of aromatic nitrogens is 5. The number of fused-ring (bicyclic) bond motifs is 1. The van der Waals surface area contributed by atoms with Crippen LogP contribution in [-0.4, -0.2) is 35.2 Å². The fraction of sp³-hybridized carbons (Fsp3) is 0. The van der Waals surface area contributed by atoms with E-state index in [9.17, 15) is 9.90 Å². The summed E-state index contributed by atoms with van der Waals surface area (Å²) in [5, 5.41) is 13.4. The van der Waals surface area contributed by atoms with Crippen LogP contribution in [0, 0.1) is 0 Å². The molecule has 4 rings (SSSR count). The molecule has 1 N–H and O–H groups in total. The predicted octanol–water partition coefficient (Wildman–Crippen LogP) is 2.28. The maximum Gasteiger partial charge on any atom is 0.354 e. The van der Waals surface area contributed by atoms with Crippen LogP contribution in [0.1, 0.15) is 10.5 Å². The number of carboxylic acids is 1. The van der Waals surface area contributed by atoms with Gasteiger partial charge >= 0.3 is 5.97 Å². The first kappa shape index (κ1) is 13.2. The minimum absolute atomic E-state index is 0.110. The van der Waals surface area contributed by atoms with Crippen LogP contribution in [0.5, 0.6) is 0 Å². The Hall–Kier alpha value is -3.48. The van der Waals surface area contributed by atoms with E-state index in [4.69, 9.17) is 0 Å². The molecule has 23 heavy (non-hydrogen) atoms. The maximum atomic E-state index is 11.3. The third-order valence-electron chi connectivity index (χ3n) is 3.60. The van der Waals surface area contributed by atoms with E-state index in [1.807, 2.05) is 34.9 Å². The van der Waals surface area contributed by atoms with E-state index in [1.54, 1.807) is 12.4 Å². The first-order chi connectivity index (χ1) is 11.2. The van der Waals surface area contributed by atoms with Gasteiger partial charge in [0, 0.05) is 35.2 Å². The molecule has 0 radical (unpaired) electrons. The summed E-state index contributed by atoms with van der Waals surface area (Å²) in [7, 11) is 0. The third-order valence-corrected chi connectivity index (χ3v) is 3.60. The second-order valence-electron chi connectivity index (χ2n) is 4.96. The van der Waals surface area contributed by atoms with Crippen molar-refractivity contribution in [2.24, 2.45) is 0 Å². The van der Waals surface area contributed by atoms with Crippen LogP contribution in [-0.2, 0) is 0 Å². The molecule has 4 aromatic heterocycles. The van der Waals surface area contributed by atoms with Crippen LogP contribution in [0.3, 0.4) is 0 Å². The van der Waals surface area contributed by atoms with E-state index in [1.165, 1.54) is 23.3 Å². The average Bonchev–Trinajstić information content (AvgIpc) is 3.21. The van der Waals surface area contributed by atoms with Gasteiger partial charge in [-0.15, -0.1) is 0 Å². The van der Waals surface area contributed by atoms with Gasteiger partial charge in [0.15, 0.2) is 5.69 Å². The van der Waals surface area contributed by atoms with Gasteiger partial charge in [-0.25, -0.2) is 19.4 Å². The SMILES string of the molecule is O=C(O)c1ccnn1-c1ccc2ccc(-c3cncnc3)cn12. The highest BCUT2D eigenvalue weighted by Crippen LogP contribution is 2.22. The molecular formula is C16H11N5O2. The molecule has 0 atom stereocenters. The summed E-state index contributed by atoms with van der Waals surface area (Å²) in [5.41, 5.74) is 2.86. The molecule has 0 amide bonds. The zero-order chi connectivity index (χ0) is 15.8. The minimum Gasteiger partial charge on any atom is -0.477 e. The number of carbonyl (C=O) groups is 1. The van der Waals surface area contributed by atoms with Gasteiger partial charge in [0.25, 0.3) is 0 Å². The van der Waals surface area contributed by atoms with Crippen molar-refractivity contribution in [2.75, 3.05) is 0 Å². The lowest BCUT2D eigenvalue weighted by atomic mass is 10.1. The number of hydrogen-bond donors (Lipinski definition) is 1. The van der Waals surface area contributed by atoms with E-state index in [-0.39, 0.29) is 5.69 Å². The molecule has 0 saturated heterocycles. The number of nitrogens with zero attached hydrogens (tertiary/aromatic N) is 5. The van der Waals surface area contributed by atoms with Crippen LogP contribution in [0.2, 0.25) is 0 Å². The predicted molar refractivity (Wildman–Crippen MR) is 82.5 cm³/mol. The second kappa shape index (κ2) is 5.06. The molecule has 0 aliphatic heterocycles. The topological polar surface area (TPSA) is 85.3 Å². The number of rotatable bonds is 3. The Bertz CT molecular complexity index is 1000. The highest BCUT2D eigenvalue weighted by molar-refractivity contribution is 5.86. The van der Waals surface area contributed by atoms with E-state index in [2.05, 4.69) is 15.1 Å². The first-order valence-corrected chi connectivity index (χ1v) is 6.88. The average molecular weight is 305 g/mol. The van der Waals surface area contributed by atoms with E-state index >= 15 is 0 Å². The fourth-order valence-electron chi connectivity index (χ4n) is 2.53. The standard InChI is InChI=1S/C16H11N5O2/c22-16(23)14-5-6-19-21(14)15-4-3-13-2-1-11(9-20(13)15)12-7-17-10-18-8-12/h1-10H,(H,22,23). The number of aromatic carboxylic acids is 1. The lowest BCUT2D eigenvalue weighted by Crippen LogP contribution is -2.09. The van der Waals surface area contributed by atoms with Gasteiger partial charge in [0.1, 0.15) is 12.1 Å². The fourth-order valence-corrected chi connectivity index (χ4v) is 2.53. The quantitative estimate of drug-likeness (QED) is 0.627. The van der Waals surface area contributed by atoms with Gasteiger partial charge < -0.3 is 9.51 Å². The highest BCUT2D eigenvalue weighted by atomic mass is 16.4. The van der Waals surface area contributed by atoms with Crippen molar-refractivity contribution in [3.8, 4) is 16.9 Å². The second-order valence-corrected chi connectivity index (χ2v) is 4.96. The summed E-state index contributed by atoms with van der Waals surface area (Å²) < 4.78 is 3.29. The third kappa shape index (κ3) is 2.15. The molecule has 7 heteroatoms. The van der Waals surface area contributed by atoms with Crippen LogP contribution in [0.4, 0.5) is 0 Å². The van der Waals surface area contributed by atoms with Gasteiger partial charge in [-0.2, -0.15) is 5.10 Å². The Morgan fingerprint density at radius 2 is 1.78 bits per heavy atom. The molecule has 0 bridgehead atoms. The van der Waals surface area contributed by atoms with Crippen LogP contribution in [0.15, 0.2) is 61.4 Å². The maximum absolute atomic E-state index is 11.3. The molecule has 4 heterocycles. The van der Waals surface area contributed by atoms with Crippen molar-refractivity contribution in [2.45, 2.75) is 0 Å². The molecule has 7 nitrogen and oxygen atoms in total. The van der Waals surface area contributed by atoms with Gasteiger partial charge in [-0.1, -0.05) is 6.07 Å². The van der Waals surface area contributed by atoms with Crippen LogP contribution < -0.4 is 0 Å². The molecule has 0 spiro atoms. The lowest BCUT2D eigenvalue weighted by molar-refractivity contribution is 0.0686. The van der Waals surface area contributed by atoms with Crippen molar-refractivity contribution in [3.05, 3.63) is 67.1 Å². The number of carboxylic acid groups (broad SMARTS) is 1. The molecule has 0 unspecified atom stereocenters. The molecule has 4 aromatic rings. The Morgan fingerprint density at radius 1 is 1.00 bits per heavy atom. The van der Waals surface area contributed by atoms with Gasteiger partial charge in [-0.05, 0) is 24.3 Å². The van der Waals surface area contributed by atoms with Gasteiger partial charge in [0.05, 0.1) is 6.20 Å². The van der Waals surface area contributed by atoms with Crippen LogP contribution >= 0.6 is 0 Å². The van der Waals surface area contributed by atoms with Crippen molar-refractivity contribution in [1.29, 1.82) is 0 Å². The monoisotopic (exact) mass is 305 g/mol. The Morgan fingerprint density at radius 3 is 2.57 bits per heavy atom. The Kier molecular flexibility index (Phi) is 2.90. The van der Waals surface area contributed by atoms with Crippen molar-refractivity contribution in [1.82, 2.24) is 24.1 Å². The first-order valence-electron chi connectivity index (χ1n) is 6.88. The normalized spacial score (nSPS) is 11.0. The van der Waals surface area contributed by atoms with Gasteiger partial charge in [0.2, 0.25) is 0 Å². The van der Waals surface area contributed by atoms with Crippen LogP contribution in [0.25, 0.3) is 22.5 Å². The molecule has 0 aliphatic rings. The zero-order valence-electron chi connectivity index (χ0n) is 11.9. The molecule has 112 valence electrons. The summed E-state index contributed by atoms with van der Waals surface area (Å²) in [6.07, 6.45) is 8.32. The minimum atomic E-state index is -1.02. The summed E-state index contributed by atoms with van der Waals surface area (Å²) in [4.78, 5) is 19.4. The summed E-state index contributed by atoms with van der Waals surface area (Å²) >= 11 is 0. The van der Waals surface area contributed by atoms with E-state index < -0.39 is 5.97 Å². The molecule has 0 fully saturated rings. The summed E-state index contributed by atoms with van der Waals surface area (Å²) in [6.45, 7) is 0. The van der Waals surface area contributed by atoms with E-state index in [0.717, 1.165) is 16.6 Å². The van der Waals surface area contributed by atoms with Gasteiger partial charge in [-0.3, -0.25) is 0 Å². The zero-order valence-corrected chi connectivity index (χ0v) is 11.9. The summed E-state index contributed by atoms with van der Waals surface area (Å²) in [6, 6.07) is 9.14. The Labute approximate surface area is 130 Å². The summed E-state index contributed by atoms with van der Waals surface area (Å²) in [5.74, 6) is -0.369. The number of pyridine rings is 1. The highest BCUT2D eigenvalue weighted by Gasteiger charge is 2.14. The molecular weight excluding hydrogens is 294 g/mol. The largest absolute Gasteiger partial charge is 0.477 e. The van der Waals surface area contributed by atoms with Crippen molar-refractivity contribution >= 4 is 11.5 Å².